The van der Waals surface area contributed by atoms with Crippen molar-refractivity contribution in [3.8, 4) is 0 Å². The summed E-state index contributed by atoms with van der Waals surface area (Å²) in [5.74, 6) is 0.299. The molecular weight excluding hydrogens is 329 g/mol. The molecule has 1 nitrogen and oxygen atoms in total. The van der Waals surface area contributed by atoms with E-state index in [1.807, 2.05) is 13.0 Å². The van der Waals surface area contributed by atoms with Crippen LogP contribution in [0.25, 0.3) is 0 Å². The van der Waals surface area contributed by atoms with Gasteiger partial charge in [0.1, 0.15) is 5.82 Å². The van der Waals surface area contributed by atoms with E-state index in [1.165, 1.54) is 30.4 Å². The van der Waals surface area contributed by atoms with Gasteiger partial charge in [-0.15, -0.1) is 0 Å². The van der Waals surface area contributed by atoms with Crippen LogP contribution in [0.2, 0.25) is 0 Å². The molecule has 3 rings (SSSR count). The highest BCUT2D eigenvalue weighted by atomic mass is 79.9. The topological polar surface area (TPSA) is 12.0 Å². The fraction of sp³-hybridized carbons (Fsp3) is 0.333. The number of hydrogen-bond donors (Lipinski definition) is 1. The number of anilines is 1. The standard InChI is InChI=1S/C18H19BrFN/c1-12-9-16(19)17(20)10-18(12)21-11-14-7-4-6-13-5-2-3-8-15(13)14/h2-3,5,8-10,14,21H,4,6-7,11H2,1H3. The lowest BCUT2D eigenvalue weighted by Gasteiger charge is -2.26. The molecule has 1 aliphatic rings. The summed E-state index contributed by atoms with van der Waals surface area (Å²) in [5.41, 5.74) is 4.87. The Hall–Kier alpha value is -1.35. The highest BCUT2D eigenvalue weighted by Crippen LogP contribution is 2.32. The summed E-state index contributed by atoms with van der Waals surface area (Å²) in [6, 6.07) is 12.1. The van der Waals surface area contributed by atoms with Crippen molar-refractivity contribution >= 4 is 21.6 Å². The van der Waals surface area contributed by atoms with E-state index in [9.17, 15) is 4.39 Å². The average molecular weight is 348 g/mol. The minimum atomic E-state index is -0.216. The Morgan fingerprint density at radius 2 is 2.10 bits per heavy atom. The first kappa shape index (κ1) is 14.6. The molecule has 0 bridgehead atoms. The molecule has 2 aromatic carbocycles. The molecule has 1 atom stereocenters. The van der Waals surface area contributed by atoms with Gasteiger partial charge in [-0.05, 0) is 70.9 Å². The van der Waals surface area contributed by atoms with E-state index in [2.05, 4.69) is 45.5 Å². The fourth-order valence-corrected chi connectivity index (χ4v) is 3.59. The maximum absolute atomic E-state index is 13.7. The van der Waals surface area contributed by atoms with Gasteiger partial charge in [-0.1, -0.05) is 24.3 Å². The lowest BCUT2D eigenvalue weighted by molar-refractivity contribution is 0.571. The van der Waals surface area contributed by atoms with E-state index in [1.54, 1.807) is 6.07 Å². The number of nitrogens with one attached hydrogen (secondary N) is 1. The number of halogens is 2. The van der Waals surface area contributed by atoms with Crippen LogP contribution in [0.3, 0.4) is 0 Å². The van der Waals surface area contributed by atoms with Crippen molar-refractivity contribution in [3.05, 3.63) is 63.4 Å². The zero-order valence-electron chi connectivity index (χ0n) is 12.1. The zero-order valence-corrected chi connectivity index (χ0v) is 13.7. The molecule has 21 heavy (non-hydrogen) atoms. The van der Waals surface area contributed by atoms with Gasteiger partial charge in [0, 0.05) is 18.2 Å². The summed E-state index contributed by atoms with van der Waals surface area (Å²) >= 11 is 3.23. The molecule has 0 fully saturated rings. The van der Waals surface area contributed by atoms with Crippen molar-refractivity contribution in [2.24, 2.45) is 0 Å². The number of hydrogen-bond acceptors (Lipinski definition) is 1. The molecule has 3 heteroatoms. The van der Waals surface area contributed by atoms with Crippen molar-refractivity contribution in [1.82, 2.24) is 0 Å². The number of fused-ring (bicyclic) bond motifs is 1. The molecule has 0 amide bonds. The highest BCUT2D eigenvalue weighted by Gasteiger charge is 2.19. The van der Waals surface area contributed by atoms with E-state index < -0.39 is 0 Å². The van der Waals surface area contributed by atoms with Crippen LogP contribution in [0.4, 0.5) is 10.1 Å². The Morgan fingerprint density at radius 1 is 1.29 bits per heavy atom. The van der Waals surface area contributed by atoms with Gasteiger partial charge < -0.3 is 5.32 Å². The molecule has 1 aliphatic carbocycles. The van der Waals surface area contributed by atoms with Crippen LogP contribution in [0.1, 0.15) is 35.4 Å². The SMILES string of the molecule is Cc1cc(Br)c(F)cc1NCC1CCCc2ccccc21. The normalized spacial score (nSPS) is 17.4. The minimum Gasteiger partial charge on any atom is -0.384 e. The number of aryl methyl sites for hydroxylation is 2. The predicted octanol–water partition coefficient (Wildman–Crippen LogP) is 5.43. The minimum absolute atomic E-state index is 0.216. The van der Waals surface area contributed by atoms with Gasteiger partial charge in [-0.3, -0.25) is 0 Å². The molecule has 2 aromatic rings. The van der Waals surface area contributed by atoms with Crippen molar-refractivity contribution in [1.29, 1.82) is 0 Å². The molecule has 110 valence electrons. The van der Waals surface area contributed by atoms with Crippen LogP contribution in [-0.4, -0.2) is 6.54 Å². The summed E-state index contributed by atoms with van der Waals surface area (Å²) in [7, 11) is 0. The third-order valence-electron chi connectivity index (χ3n) is 4.30. The van der Waals surface area contributed by atoms with Gasteiger partial charge >= 0.3 is 0 Å². The smallest absolute Gasteiger partial charge is 0.139 e. The second-order valence-electron chi connectivity index (χ2n) is 5.75. The summed E-state index contributed by atoms with van der Waals surface area (Å²) < 4.78 is 14.2. The molecule has 0 aliphatic heterocycles. The van der Waals surface area contributed by atoms with Gasteiger partial charge in [-0.25, -0.2) is 4.39 Å². The molecule has 1 N–H and O–H groups in total. The Bertz CT molecular complexity index is 654. The van der Waals surface area contributed by atoms with Crippen molar-refractivity contribution in [2.45, 2.75) is 32.1 Å². The largest absolute Gasteiger partial charge is 0.384 e. The second-order valence-corrected chi connectivity index (χ2v) is 6.60. The molecule has 1 unspecified atom stereocenters. The molecular formula is C18H19BrFN. The Balaban J connectivity index is 1.76. The Kier molecular flexibility index (Phi) is 4.29. The summed E-state index contributed by atoms with van der Waals surface area (Å²) in [4.78, 5) is 0. The maximum Gasteiger partial charge on any atom is 0.139 e. The summed E-state index contributed by atoms with van der Waals surface area (Å²) in [6.45, 7) is 2.86. The van der Waals surface area contributed by atoms with Gasteiger partial charge in [-0.2, -0.15) is 0 Å². The third-order valence-corrected chi connectivity index (χ3v) is 4.91. The van der Waals surface area contributed by atoms with Crippen LogP contribution in [0, 0.1) is 12.7 Å². The summed E-state index contributed by atoms with van der Waals surface area (Å²) in [5, 5.41) is 3.43. The average Bonchev–Trinajstić information content (AvgIpc) is 2.49. The van der Waals surface area contributed by atoms with Crippen LogP contribution in [-0.2, 0) is 6.42 Å². The van der Waals surface area contributed by atoms with Crippen LogP contribution in [0.5, 0.6) is 0 Å². The highest BCUT2D eigenvalue weighted by molar-refractivity contribution is 9.10. The van der Waals surface area contributed by atoms with Gasteiger partial charge in [0.2, 0.25) is 0 Å². The first-order chi connectivity index (χ1) is 10.1. The van der Waals surface area contributed by atoms with E-state index in [-0.39, 0.29) is 5.82 Å². The molecule has 0 heterocycles. The van der Waals surface area contributed by atoms with Crippen LogP contribution in [0.15, 0.2) is 40.9 Å². The molecule has 0 spiro atoms. The monoisotopic (exact) mass is 347 g/mol. The maximum atomic E-state index is 13.7. The first-order valence-electron chi connectivity index (χ1n) is 7.42. The predicted molar refractivity (Wildman–Crippen MR) is 89.4 cm³/mol. The molecule has 0 aromatic heterocycles. The molecule has 0 radical (unpaired) electrons. The van der Waals surface area contributed by atoms with Crippen LogP contribution >= 0.6 is 15.9 Å². The lowest BCUT2D eigenvalue weighted by atomic mass is 9.83. The third kappa shape index (κ3) is 3.13. The molecule has 0 saturated heterocycles. The zero-order chi connectivity index (χ0) is 14.8. The van der Waals surface area contributed by atoms with Gasteiger partial charge in [0.05, 0.1) is 4.47 Å². The van der Waals surface area contributed by atoms with E-state index in [0.29, 0.717) is 10.4 Å². The quantitative estimate of drug-likeness (QED) is 0.780. The fourth-order valence-electron chi connectivity index (χ4n) is 3.14. The lowest BCUT2D eigenvalue weighted by Crippen LogP contribution is -2.18. The van der Waals surface area contributed by atoms with E-state index in [4.69, 9.17) is 0 Å². The van der Waals surface area contributed by atoms with Gasteiger partial charge in [0.15, 0.2) is 0 Å². The second kappa shape index (κ2) is 6.18. The van der Waals surface area contributed by atoms with Crippen molar-refractivity contribution < 1.29 is 4.39 Å². The van der Waals surface area contributed by atoms with Crippen molar-refractivity contribution in [3.63, 3.8) is 0 Å². The van der Waals surface area contributed by atoms with E-state index >= 15 is 0 Å². The number of rotatable bonds is 3. The Labute approximate surface area is 133 Å². The van der Waals surface area contributed by atoms with Crippen molar-refractivity contribution in [2.75, 3.05) is 11.9 Å². The first-order valence-corrected chi connectivity index (χ1v) is 8.22. The summed E-state index contributed by atoms with van der Waals surface area (Å²) in [6.07, 6.45) is 3.61. The van der Waals surface area contributed by atoms with Crippen LogP contribution < -0.4 is 5.32 Å². The molecule has 0 saturated carbocycles. The van der Waals surface area contributed by atoms with Gasteiger partial charge in [0.25, 0.3) is 0 Å². The van der Waals surface area contributed by atoms with E-state index in [0.717, 1.165) is 17.8 Å². The Morgan fingerprint density at radius 3 is 2.95 bits per heavy atom. The number of benzene rings is 2.